The topological polar surface area (TPSA) is 76.8 Å². The number of nitrogens with zero attached hydrogens (tertiary/aromatic N) is 2. The highest BCUT2D eigenvalue weighted by atomic mass is 14.9. The number of nitrogens with two attached hydrogens (primary N) is 2. The van der Waals surface area contributed by atoms with Crippen LogP contribution in [-0.2, 0) is 0 Å². The second-order valence-corrected chi connectivity index (χ2v) is 2.71. The Bertz CT molecular complexity index is 150. The van der Waals surface area contributed by atoms with Gasteiger partial charge < -0.3 is 11.5 Å². The van der Waals surface area contributed by atoms with E-state index in [4.69, 9.17) is 11.5 Å². The second-order valence-electron chi connectivity index (χ2n) is 2.71. The molecule has 0 aromatic rings. The lowest BCUT2D eigenvalue weighted by Gasteiger charge is -2.15. The predicted octanol–water partition coefficient (Wildman–Crippen LogP) is 0.204. The van der Waals surface area contributed by atoms with E-state index in [2.05, 4.69) is 16.0 Å². The van der Waals surface area contributed by atoms with Gasteiger partial charge in [0.15, 0.2) is 0 Å². The van der Waals surface area contributed by atoms with Crippen molar-refractivity contribution in [1.29, 1.82) is 0 Å². The van der Waals surface area contributed by atoms with E-state index in [-0.39, 0.29) is 0 Å². The van der Waals surface area contributed by atoms with Crippen molar-refractivity contribution in [2.24, 2.45) is 21.5 Å². The highest BCUT2D eigenvalue weighted by Crippen LogP contribution is 1.94. The summed E-state index contributed by atoms with van der Waals surface area (Å²) in [5.74, 6) is 0. The molecule has 0 aromatic heterocycles. The zero-order valence-electron chi connectivity index (χ0n) is 7.17. The third kappa shape index (κ3) is 9.30. The molecule has 0 saturated carbocycles. The number of aliphatic imine (C=N–C) groups is 2. The van der Waals surface area contributed by atoms with E-state index in [1.54, 1.807) is 6.92 Å². The van der Waals surface area contributed by atoms with E-state index in [9.17, 15) is 0 Å². The number of hydrogen-bond acceptors (Lipinski definition) is 4. The Labute approximate surface area is 67.4 Å². The first-order chi connectivity index (χ1) is 5.06. The Morgan fingerprint density at radius 3 is 2.45 bits per heavy atom. The van der Waals surface area contributed by atoms with E-state index in [1.807, 2.05) is 6.92 Å². The van der Waals surface area contributed by atoms with Gasteiger partial charge in [0.2, 0.25) is 0 Å². The summed E-state index contributed by atoms with van der Waals surface area (Å²) in [5.41, 5.74) is 10.4. The Hall–Kier alpha value is -0.700. The minimum absolute atomic E-state index is 0.590. The van der Waals surface area contributed by atoms with Crippen LogP contribution in [0.4, 0.5) is 0 Å². The molecule has 0 fully saturated rings. The van der Waals surface area contributed by atoms with Crippen LogP contribution in [0, 0.1) is 0 Å². The number of hydrogen-bond donors (Lipinski definition) is 2. The van der Waals surface area contributed by atoms with Crippen LogP contribution < -0.4 is 11.5 Å². The first-order valence-electron chi connectivity index (χ1n) is 3.72. The molecule has 0 unspecified atom stereocenters. The molecule has 0 aliphatic rings. The van der Waals surface area contributed by atoms with E-state index in [1.165, 1.54) is 0 Å². The molecule has 4 heteroatoms. The Morgan fingerprint density at radius 1 is 1.36 bits per heavy atom. The van der Waals surface area contributed by atoms with Crippen molar-refractivity contribution in [2.45, 2.75) is 25.9 Å². The van der Waals surface area contributed by atoms with Crippen molar-refractivity contribution < 1.29 is 0 Å². The fourth-order valence-corrected chi connectivity index (χ4v) is 0.468. The molecule has 0 heterocycles. The molecule has 0 spiro atoms. The minimum Gasteiger partial charge on any atom is -0.314 e. The molecule has 0 aliphatic heterocycles. The van der Waals surface area contributed by atoms with Crippen LogP contribution in [0.5, 0.6) is 0 Å². The molecule has 4 nitrogen and oxygen atoms in total. The lowest BCUT2D eigenvalue weighted by atomic mass is 10.1. The van der Waals surface area contributed by atoms with Crippen molar-refractivity contribution in [1.82, 2.24) is 0 Å². The van der Waals surface area contributed by atoms with Gasteiger partial charge in [-0.2, -0.15) is 0 Å². The molecular formula is C7H16N4. The Morgan fingerprint density at radius 2 is 2.00 bits per heavy atom. The van der Waals surface area contributed by atoms with E-state index < -0.39 is 5.66 Å². The zero-order valence-corrected chi connectivity index (χ0v) is 7.17. The molecule has 0 radical (unpaired) electrons. The van der Waals surface area contributed by atoms with Crippen LogP contribution in [0.2, 0.25) is 0 Å². The van der Waals surface area contributed by atoms with Gasteiger partial charge in [0.1, 0.15) is 0 Å². The van der Waals surface area contributed by atoms with Crippen LogP contribution in [0.1, 0.15) is 20.3 Å². The second kappa shape index (κ2) is 5.02. The molecule has 4 N–H and O–H groups in total. The summed E-state index contributed by atoms with van der Waals surface area (Å²) in [6, 6.07) is 2.55. The summed E-state index contributed by atoms with van der Waals surface area (Å²) >= 11 is 0. The highest BCUT2D eigenvalue weighted by Gasteiger charge is 2.08. The van der Waals surface area contributed by atoms with Gasteiger partial charge in [0, 0.05) is 6.54 Å². The van der Waals surface area contributed by atoms with Gasteiger partial charge in [-0.05, 0) is 20.3 Å². The van der Waals surface area contributed by atoms with Crippen molar-refractivity contribution in [3.8, 4) is 0 Å². The maximum Gasteiger partial charge on any atom is 0.0892 e. The smallest absolute Gasteiger partial charge is 0.0892 e. The molecule has 11 heavy (non-hydrogen) atoms. The number of rotatable bonds is 4. The van der Waals surface area contributed by atoms with Gasteiger partial charge in [-0.25, -0.2) is 9.98 Å². The van der Waals surface area contributed by atoms with E-state index in [0.717, 1.165) is 0 Å². The SMILES string of the molecule is CCN=C=NCCC(C)(N)N. The van der Waals surface area contributed by atoms with Crippen molar-refractivity contribution in [3.05, 3.63) is 0 Å². The van der Waals surface area contributed by atoms with Gasteiger partial charge in [-0.1, -0.05) is 0 Å². The lowest BCUT2D eigenvalue weighted by molar-refractivity contribution is 0.459. The van der Waals surface area contributed by atoms with Crippen molar-refractivity contribution in [2.75, 3.05) is 13.1 Å². The van der Waals surface area contributed by atoms with Crippen LogP contribution in [0.25, 0.3) is 0 Å². The molecule has 0 rings (SSSR count). The largest absolute Gasteiger partial charge is 0.314 e. The summed E-state index contributed by atoms with van der Waals surface area (Å²) < 4.78 is 0. The summed E-state index contributed by atoms with van der Waals surface area (Å²) in [4.78, 5) is 7.66. The summed E-state index contributed by atoms with van der Waals surface area (Å²) in [7, 11) is 0. The fourth-order valence-electron chi connectivity index (χ4n) is 0.468. The quantitative estimate of drug-likeness (QED) is 0.450. The van der Waals surface area contributed by atoms with Gasteiger partial charge in [0.05, 0.1) is 18.2 Å². The van der Waals surface area contributed by atoms with Gasteiger partial charge in [-0.15, -0.1) is 0 Å². The van der Waals surface area contributed by atoms with Crippen LogP contribution in [0.15, 0.2) is 9.98 Å². The van der Waals surface area contributed by atoms with Crippen molar-refractivity contribution >= 4 is 6.01 Å². The van der Waals surface area contributed by atoms with E-state index >= 15 is 0 Å². The summed E-state index contributed by atoms with van der Waals surface area (Å²) in [6.45, 7) is 5.00. The Kier molecular flexibility index (Phi) is 4.70. The standard InChI is InChI=1S/C7H16N4/c1-3-10-6-11-5-4-7(2,8)9/h3-5,8-9H2,1-2H3. The van der Waals surface area contributed by atoms with Gasteiger partial charge >= 0.3 is 0 Å². The lowest BCUT2D eigenvalue weighted by Crippen LogP contribution is -2.46. The predicted molar refractivity (Wildman–Crippen MR) is 46.7 cm³/mol. The van der Waals surface area contributed by atoms with Crippen LogP contribution in [0.3, 0.4) is 0 Å². The molecule has 0 bridgehead atoms. The minimum atomic E-state index is -0.628. The van der Waals surface area contributed by atoms with Gasteiger partial charge in [-0.3, -0.25) is 0 Å². The van der Waals surface area contributed by atoms with Gasteiger partial charge in [0.25, 0.3) is 0 Å². The molecular weight excluding hydrogens is 140 g/mol. The molecule has 0 saturated heterocycles. The average Bonchev–Trinajstić information content (AvgIpc) is 1.85. The van der Waals surface area contributed by atoms with E-state index in [0.29, 0.717) is 19.5 Å². The Balaban J connectivity index is 3.50. The monoisotopic (exact) mass is 156 g/mol. The molecule has 64 valence electrons. The third-order valence-electron chi connectivity index (χ3n) is 1.06. The molecule has 0 aromatic carbocycles. The van der Waals surface area contributed by atoms with Crippen LogP contribution in [-0.4, -0.2) is 24.8 Å². The fraction of sp³-hybridized carbons (Fsp3) is 0.857. The summed E-state index contributed by atoms with van der Waals surface area (Å²) in [6.07, 6.45) is 0.652. The normalized spacial score (nSPS) is 10.5. The maximum absolute atomic E-state index is 5.51. The maximum atomic E-state index is 5.51. The summed E-state index contributed by atoms with van der Waals surface area (Å²) in [5, 5.41) is 0. The molecule has 0 aliphatic carbocycles. The molecule has 0 amide bonds. The van der Waals surface area contributed by atoms with Crippen LogP contribution >= 0.6 is 0 Å². The molecule has 0 atom stereocenters. The van der Waals surface area contributed by atoms with Crippen molar-refractivity contribution in [3.63, 3.8) is 0 Å². The highest BCUT2D eigenvalue weighted by molar-refractivity contribution is 5.40. The zero-order chi connectivity index (χ0) is 8.74. The third-order valence-corrected chi connectivity index (χ3v) is 1.06. The first-order valence-corrected chi connectivity index (χ1v) is 3.72. The average molecular weight is 156 g/mol. The first kappa shape index (κ1) is 10.3.